The number of carboxylic acid groups (broad SMARTS) is 1. The molecule has 0 atom stereocenters. The third kappa shape index (κ3) is 6.50. The largest absolute Gasteiger partial charge is 0.480 e. The smallest absolute Gasteiger partial charge is 0.335 e. The number of halogens is 2. The fourth-order valence-corrected chi connectivity index (χ4v) is 6.22. The van der Waals surface area contributed by atoms with E-state index in [1.54, 1.807) is 18.2 Å². The lowest BCUT2D eigenvalue weighted by atomic mass is 10.0. The molecule has 0 saturated heterocycles. The van der Waals surface area contributed by atoms with Crippen molar-refractivity contribution in [3.63, 3.8) is 0 Å². The monoisotopic (exact) mass is 648 g/mol. The Morgan fingerprint density at radius 2 is 1.59 bits per heavy atom. The summed E-state index contributed by atoms with van der Waals surface area (Å²) in [6, 6.07) is 11.9. The quantitative estimate of drug-likeness (QED) is 0.141. The molecule has 5 aromatic rings. The van der Waals surface area contributed by atoms with Gasteiger partial charge in [0.05, 0.1) is 36.6 Å². The number of aromatic nitrogens is 3. The molecule has 0 spiro atoms. The van der Waals surface area contributed by atoms with Crippen LogP contribution in [0.15, 0.2) is 71.9 Å². The topological polar surface area (TPSA) is 165 Å². The Morgan fingerprint density at radius 3 is 2.24 bits per heavy atom. The molecule has 0 bridgehead atoms. The maximum atomic E-state index is 13.8. The van der Waals surface area contributed by atoms with Crippen LogP contribution in [0.5, 0.6) is 11.9 Å². The van der Waals surface area contributed by atoms with Crippen LogP contribution in [0.2, 0.25) is 0 Å². The SMILES string of the molecule is COc1ncc(-c2ccc3c(Nc4cc(Nc5cc(F)cc(F)c5)cc(C(=O)O)c4)c(S(=O)(=O)NC4CC4)cnc3c2)c(OC)n1. The van der Waals surface area contributed by atoms with Crippen LogP contribution in [0, 0.1) is 11.6 Å². The highest BCUT2D eigenvalue weighted by Gasteiger charge is 2.31. The number of carboxylic acids is 1. The van der Waals surface area contributed by atoms with Gasteiger partial charge in [0.15, 0.2) is 0 Å². The van der Waals surface area contributed by atoms with E-state index < -0.39 is 27.6 Å². The second kappa shape index (κ2) is 12.2. The Hall–Kier alpha value is -5.41. The first kappa shape index (κ1) is 30.6. The van der Waals surface area contributed by atoms with E-state index in [-0.39, 0.29) is 51.1 Å². The first-order valence-electron chi connectivity index (χ1n) is 13.8. The molecule has 1 fully saturated rings. The molecular weight excluding hydrogens is 622 g/mol. The van der Waals surface area contributed by atoms with E-state index in [0.29, 0.717) is 40.9 Å². The molecule has 46 heavy (non-hydrogen) atoms. The Balaban J connectivity index is 1.47. The van der Waals surface area contributed by atoms with Gasteiger partial charge in [-0.1, -0.05) is 12.1 Å². The number of hydrogen-bond acceptors (Lipinski definition) is 10. The third-order valence-electron chi connectivity index (χ3n) is 7.04. The van der Waals surface area contributed by atoms with Gasteiger partial charge in [0.25, 0.3) is 0 Å². The van der Waals surface area contributed by atoms with Crippen molar-refractivity contribution in [2.75, 3.05) is 24.9 Å². The lowest BCUT2D eigenvalue weighted by molar-refractivity contribution is 0.0697. The number of carbonyl (C=O) groups is 1. The van der Waals surface area contributed by atoms with Crippen LogP contribution in [0.4, 0.5) is 31.5 Å². The molecule has 12 nitrogen and oxygen atoms in total. The van der Waals surface area contributed by atoms with Crippen molar-refractivity contribution >= 4 is 49.6 Å². The number of hydrogen-bond donors (Lipinski definition) is 4. The number of rotatable bonds is 11. The van der Waals surface area contributed by atoms with Crippen molar-refractivity contribution < 1.29 is 36.6 Å². The molecule has 4 N–H and O–H groups in total. The Bertz CT molecular complexity index is 2090. The van der Waals surface area contributed by atoms with Gasteiger partial charge >= 0.3 is 12.0 Å². The lowest BCUT2D eigenvalue weighted by Crippen LogP contribution is -2.26. The van der Waals surface area contributed by atoms with Gasteiger partial charge in [-0.15, -0.1) is 0 Å². The predicted octanol–water partition coefficient (Wildman–Crippen LogP) is 5.61. The van der Waals surface area contributed by atoms with Crippen LogP contribution in [0.3, 0.4) is 0 Å². The average molecular weight is 649 g/mol. The van der Waals surface area contributed by atoms with E-state index in [1.807, 2.05) is 0 Å². The van der Waals surface area contributed by atoms with E-state index in [1.165, 1.54) is 44.8 Å². The number of aromatic carboxylic acids is 1. The van der Waals surface area contributed by atoms with Gasteiger partial charge in [-0.3, -0.25) is 4.98 Å². The summed E-state index contributed by atoms with van der Waals surface area (Å²) >= 11 is 0. The second-order valence-corrected chi connectivity index (χ2v) is 12.1. The van der Waals surface area contributed by atoms with Crippen LogP contribution in [0.25, 0.3) is 22.0 Å². The summed E-state index contributed by atoms with van der Waals surface area (Å²) in [5.74, 6) is -2.68. The molecule has 0 aliphatic heterocycles. The molecule has 1 saturated carbocycles. The number of nitrogens with zero attached hydrogens (tertiary/aromatic N) is 3. The van der Waals surface area contributed by atoms with Crippen molar-refractivity contribution in [1.29, 1.82) is 0 Å². The number of fused-ring (bicyclic) bond motifs is 1. The predicted molar refractivity (Wildman–Crippen MR) is 166 cm³/mol. The van der Waals surface area contributed by atoms with Crippen LogP contribution < -0.4 is 24.8 Å². The minimum Gasteiger partial charge on any atom is -0.480 e. The molecule has 6 rings (SSSR count). The van der Waals surface area contributed by atoms with Crippen molar-refractivity contribution in [2.24, 2.45) is 0 Å². The van der Waals surface area contributed by atoms with Gasteiger partial charge < -0.3 is 25.2 Å². The molecule has 0 radical (unpaired) electrons. The summed E-state index contributed by atoms with van der Waals surface area (Å²) in [5, 5.41) is 16.1. The summed E-state index contributed by atoms with van der Waals surface area (Å²) in [6.45, 7) is 0. The van der Waals surface area contributed by atoms with Crippen molar-refractivity contribution in [3.05, 3.63) is 84.2 Å². The van der Waals surface area contributed by atoms with Crippen molar-refractivity contribution in [2.45, 2.75) is 23.8 Å². The van der Waals surface area contributed by atoms with Gasteiger partial charge in [-0.2, -0.15) is 4.98 Å². The molecule has 2 heterocycles. The highest BCUT2D eigenvalue weighted by atomic mass is 32.2. The highest BCUT2D eigenvalue weighted by Crippen LogP contribution is 2.37. The fourth-order valence-electron chi connectivity index (χ4n) is 4.79. The molecule has 1 aliphatic rings. The number of anilines is 4. The number of pyridine rings is 1. The van der Waals surface area contributed by atoms with E-state index >= 15 is 0 Å². The molecule has 15 heteroatoms. The van der Waals surface area contributed by atoms with E-state index in [0.717, 1.165) is 12.1 Å². The van der Waals surface area contributed by atoms with Crippen molar-refractivity contribution in [1.82, 2.24) is 19.7 Å². The standard InChI is InChI=1S/C31H26F2N6O6S/c1-44-29-25(14-35-31(38-29)45-2)16-3-6-24-26(9-16)34-15-27(46(42,43)39-20-4-5-20)28(24)37-22-8-17(30(40)41)7-21(13-22)36-23-11-18(32)10-19(33)12-23/h3,6-15,20,36,39H,4-5H2,1-2H3,(H,34,37)(H,40,41). The zero-order chi connectivity index (χ0) is 32.6. The molecule has 236 valence electrons. The van der Waals surface area contributed by atoms with Gasteiger partial charge in [-0.05, 0) is 54.8 Å². The lowest BCUT2D eigenvalue weighted by Gasteiger charge is -2.18. The summed E-state index contributed by atoms with van der Waals surface area (Å²) < 4.78 is 67.8. The summed E-state index contributed by atoms with van der Waals surface area (Å²) in [6.07, 6.45) is 4.15. The van der Waals surface area contributed by atoms with Crippen LogP contribution >= 0.6 is 0 Å². The number of nitrogens with one attached hydrogen (secondary N) is 3. The van der Waals surface area contributed by atoms with Gasteiger partial charge in [-0.25, -0.2) is 31.7 Å². The van der Waals surface area contributed by atoms with E-state index in [4.69, 9.17) is 9.47 Å². The minimum absolute atomic E-state index is 0.0442. The first-order valence-corrected chi connectivity index (χ1v) is 15.3. The highest BCUT2D eigenvalue weighted by molar-refractivity contribution is 7.89. The van der Waals surface area contributed by atoms with Crippen LogP contribution in [-0.4, -0.2) is 54.7 Å². The first-order chi connectivity index (χ1) is 22.0. The maximum Gasteiger partial charge on any atom is 0.335 e. The number of benzene rings is 3. The summed E-state index contributed by atoms with van der Waals surface area (Å²) in [7, 11) is -1.17. The van der Waals surface area contributed by atoms with Crippen LogP contribution in [0.1, 0.15) is 23.2 Å². The average Bonchev–Trinajstić information content (AvgIpc) is 3.83. The number of sulfonamides is 1. The Kier molecular flexibility index (Phi) is 8.10. The number of ether oxygens (including phenoxy) is 2. The molecule has 1 aliphatic carbocycles. The molecule has 0 amide bonds. The van der Waals surface area contributed by atoms with Gasteiger partial charge in [0.2, 0.25) is 15.9 Å². The van der Waals surface area contributed by atoms with Gasteiger partial charge in [0.1, 0.15) is 16.5 Å². The zero-order valence-electron chi connectivity index (χ0n) is 24.3. The van der Waals surface area contributed by atoms with E-state index in [9.17, 15) is 27.1 Å². The normalized spacial score (nSPS) is 13.0. The molecule has 3 aromatic carbocycles. The fraction of sp³-hybridized carbons (Fsp3) is 0.161. The van der Waals surface area contributed by atoms with E-state index in [2.05, 4.69) is 30.3 Å². The van der Waals surface area contributed by atoms with Crippen LogP contribution in [-0.2, 0) is 10.0 Å². The second-order valence-electron chi connectivity index (χ2n) is 10.4. The number of methoxy groups -OCH3 is 2. The zero-order valence-corrected chi connectivity index (χ0v) is 25.2. The minimum atomic E-state index is -4.06. The Labute approximate surface area is 261 Å². The Morgan fingerprint density at radius 1 is 0.891 bits per heavy atom. The molecule has 0 unspecified atom stereocenters. The molecule has 2 aromatic heterocycles. The van der Waals surface area contributed by atoms with Gasteiger partial charge in [0, 0.05) is 47.0 Å². The molecular formula is C31H26F2N6O6S. The summed E-state index contributed by atoms with van der Waals surface area (Å²) in [4.78, 5) is 24.7. The van der Waals surface area contributed by atoms with Crippen molar-refractivity contribution in [3.8, 4) is 23.0 Å². The maximum absolute atomic E-state index is 13.8. The third-order valence-corrected chi connectivity index (χ3v) is 8.57. The summed E-state index contributed by atoms with van der Waals surface area (Å²) in [5.41, 5.74) is 1.93.